The van der Waals surface area contributed by atoms with Gasteiger partial charge in [-0.1, -0.05) is 30.0 Å². The largest absolute Gasteiger partial charge is 0.329 e. The molecule has 1 atom stereocenters. The van der Waals surface area contributed by atoms with Crippen molar-refractivity contribution in [1.82, 2.24) is 4.98 Å². The molecule has 1 aromatic heterocycles. The van der Waals surface area contributed by atoms with Crippen LogP contribution in [0.25, 0.3) is 0 Å². The van der Waals surface area contributed by atoms with E-state index in [2.05, 4.69) is 20.9 Å². The number of thioether (sulfide) groups is 1. The van der Waals surface area contributed by atoms with E-state index in [1.54, 1.807) is 18.3 Å². The maximum Gasteiger partial charge on any atom is 0.127 e. The minimum atomic E-state index is -0.224. The predicted octanol–water partition coefficient (Wildman–Crippen LogP) is 3.78. The van der Waals surface area contributed by atoms with Gasteiger partial charge in [-0.15, -0.1) is 0 Å². The number of hydrogen-bond donors (Lipinski definition) is 1. The third-order valence-electron chi connectivity index (χ3n) is 2.43. The summed E-state index contributed by atoms with van der Waals surface area (Å²) in [5.41, 5.74) is 6.35. The summed E-state index contributed by atoms with van der Waals surface area (Å²) in [6.45, 7) is 0.364. The lowest BCUT2D eigenvalue weighted by atomic mass is 10.1. The highest BCUT2D eigenvalue weighted by Crippen LogP contribution is 2.34. The van der Waals surface area contributed by atoms with E-state index >= 15 is 0 Å². The number of hydrogen-bond acceptors (Lipinski definition) is 3. The van der Waals surface area contributed by atoms with Gasteiger partial charge in [0.15, 0.2) is 0 Å². The van der Waals surface area contributed by atoms with E-state index < -0.39 is 0 Å². The molecule has 0 bridgehead atoms. The van der Waals surface area contributed by atoms with E-state index in [4.69, 9.17) is 5.73 Å². The number of nitrogens with two attached hydrogens (primary N) is 1. The van der Waals surface area contributed by atoms with Crippen LogP contribution in [0.1, 0.15) is 10.8 Å². The first kappa shape index (κ1) is 13.5. The molecule has 1 unspecified atom stereocenters. The van der Waals surface area contributed by atoms with Gasteiger partial charge in [0, 0.05) is 22.8 Å². The molecule has 5 heteroatoms. The maximum atomic E-state index is 13.7. The van der Waals surface area contributed by atoms with Gasteiger partial charge in [-0.05, 0) is 34.1 Å². The summed E-state index contributed by atoms with van der Waals surface area (Å²) >= 11 is 4.80. The average Bonchev–Trinajstić information content (AvgIpc) is 2.39. The van der Waals surface area contributed by atoms with Gasteiger partial charge >= 0.3 is 0 Å². The zero-order valence-electron chi connectivity index (χ0n) is 9.51. The molecule has 2 aromatic rings. The standard InChI is InChI=1S/C13H12BrFN2S/c14-9-5-6-13(17-8-9)18-12(7-16)10-3-1-2-4-11(10)15/h1-6,8,12H,7,16H2. The number of pyridine rings is 1. The molecule has 1 heterocycles. The van der Waals surface area contributed by atoms with Crippen molar-refractivity contribution >= 4 is 27.7 Å². The Kier molecular flexibility index (Phi) is 4.74. The van der Waals surface area contributed by atoms with E-state index in [0.717, 1.165) is 9.50 Å². The summed E-state index contributed by atoms with van der Waals surface area (Å²) in [5.74, 6) is -0.224. The predicted molar refractivity (Wildman–Crippen MR) is 76.0 cm³/mol. The van der Waals surface area contributed by atoms with Crippen LogP contribution in [-0.4, -0.2) is 11.5 Å². The molecule has 0 saturated carbocycles. The molecule has 0 amide bonds. The molecule has 0 spiro atoms. The summed E-state index contributed by atoms with van der Waals surface area (Å²) in [7, 11) is 0. The molecule has 18 heavy (non-hydrogen) atoms. The topological polar surface area (TPSA) is 38.9 Å². The van der Waals surface area contributed by atoms with Crippen LogP contribution in [0.4, 0.5) is 4.39 Å². The Bertz CT molecular complexity index is 519. The van der Waals surface area contributed by atoms with E-state index in [-0.39, 0.29) is 11.1 Å². The lowest BCUT2D eigenvalue weighted by Crippen LogP contribution is -2.11. The Morgan fingerprint density at radius 2 is 2.06 bits per heavy atom. The van der Waals surface area contributed by atoms with Crippen molar-refractivity contribution in [2.24, 2.45) is 5.73 Å². The second-order valence-corrected chi connectivity index (χ2v) is 5.82. The van der Waals surface area contributed by atoms with Gasteiger partial charge in [-0.2, -0.15) is 0 Å². The van der Waals surface area contributed by atoms with Crippen LogP contribution >= 0.6 is 27.7 Å². The first-order valence-electron chi connectivity index (χ1n) is 5.43. The first-order valence-corrected chi connectivity index (χ1v) is 7.10. The Morgan fingerprint density at radius 1 is 1.28 bits per heavy atom. The molecule has 2 nitrogen and oxygen atoms in total. The molecule has 94 valence electrons. The van der Waals surface area contributed by atoms with Crippen molar-refractivity contribution in [2.45, 2.75) is 10.3 Å². The maximum absolute atomic E-state index is 13.7. The quantitative estimate of drug-likeness (QED) is 0.869. The number of nitrogens with zero attached hydrogens (tertiary/aromatic N) is 1. The smallest absolute Gasteiger partial charge is 0.127 e. The van der Waals surface area contributed by atoms with E-state index in [0.29, 0.717) is 12.1 Å². The Morgan fingerprint density at radius 3 is 2.67 bits per heavy atom. The van der Waals surface area contributed by atoms with Crippen molar-refractivity contribution < 1.29 is 4.39 Å². The minimum Gasteiger partial charge on any atom is -0.329 e. The zero-order valence-corrected chi connectivity index (χ0v) is 11.9. The summed E-state index contributed by atoms with van der Waals surface area (Å²) in [6, 6.07) is 10.5. The molecule has 0 radical (unpaired) electrons. The third-order valence-corrected chi connectivity index (χ3v) is 4.11. The minimum absolute atomic E-state index is 0.125. The molecule has 0 aliphatic heterocycles. The zero-order chi connectivity index (χ0) is 13.0. The lowest BCUT2D eigenvalue weighted by molar-refractivity contribution is 0.608. The molecule has 2 rings (SSSR count). The van der Waals surface area contributed by atoms with Crippen LogP contribution < -0.4 is 5.73 Å². The highest BCUT2D eigenvalue weighted by atomic mass is 79.9. The summed E-state index contributed by atoms with van der Waals surface area (Å²) in [4.78, 5) is 4.26. The van der Waals surface area contributed by atoms with Gasteiger partial charge in [-0.3, -0.25) is 0 Å². The average molecular weight is 327 g/mol. The lowest BCUT2D eigenvalue weighted by Gasteiger charge is -2.14. The Balaban J connectivity index is 2.20. The van der Waals surface area contributed by atoms with Gasteiger partial charge in [0.25, 0.3) is 0 Å². The highest BCUT2D eigenvalue weighted by molar-refractivity contribution is 9.10. The van der Waals surface area contributed by atoms with Crippen molar-refractivity contribution in [3.8, 4) is 0 Å². The molecule has 1 aromatic carbocycles. The molecular formula is C13H12BrFN2S. The van der Waals surface area contributed by atoms with Gasteiger partial charge in [-0.25, -0.2) is 9.37 Å². The normalized spacial score (nSPS) is 12.4. The van der Waals surface area contributed by atoms with Crippen LogP contribution in [0.15, 0.2) is 52.1 Å². The van der Waals surface area contributed by atoms with Gasteiger partial charge in [0.05, 0.1) is 10.3 Å². The second kappa shape index (κ2) is 6.31. The van der Waals surface area contributed by atoms with Crippen LogP contribution in [0.3, 0.4) is 0 Å². The van der Waals surface area contributed by atoms with Crippen LogP contribution in [-0.2, 0) is 0 Å². The molecule has 2 N–H and O–H groups in total. The summed E-state index contributed by atoms with van der Waals surface area (Å²) in [5, 5.41) is 0.705. The number of rotatable bonds is 4. The van der Waals surface area contributed by atoms with E-state index in [1.807, 2.05) is 18.2 Å². The van der Waals surface area contributed by atoms with Crippen molar-refractivity contribution in [3.05, 3.63) is 58.4 Å². The number of aromatic nitrogens is 1. The van der Waals surface area contributed by atoms with E-state index in [1.165, 1.54) is 17.8 Å². The molecular weight excluding hydrogens is 315 g/mol. The Labute approximate surface area is 118 Å². The van der Waals surface area contributed by atoms with Gasteiger partial charge in [0.1, 0.15) is 5.82 Å². The number of benzene rings is 1. The monoisotopic (exact) mass is 326 g/mol. The fraction of sp³-hybridized carbons (Fsp3) is 0.154. The number of halogens is 2. The van der Waals surface area contributed by atoms with Crippen LogP contribution in [0, 0.1) is 5.82 Å². The second-order valence-electron chi connectivity index (χ2n) is 3.68. The summed E-state index contributed by atoms with van der Waals surface area (Å²) < 4.78 is 14.6. The van der Waals surface area contributed by atoms with Crippen molar-refractivity contribution in [1.29, 1.82) is 0 Å². The molecule has 0 aliphatic carbocycles. The van der Waals surface area contributed by atoms with Gasteiger partial charge in [0.2, 0.25) is 0 Å². The summed E-state index contributed by atoms with van der Waals surface area (Å²) in [6.07, 6.45) is 1.72. The third kappa shape index (κ3) is 3.31. The van der Waals surface area contributed by atoms with Crippen molar-refractivity contribution in [2.75, 3.05) is 6.54 Å². The van der Waals surface area contributed by atoms with Crippen LogP contribution in [0.2, 0.25) is 0 Å². The molecule has 0 saturated heterocycles. The first-order chi connectivity index (χ1) is 8.70. The molecule has 0 fully saturated rings. The fourth-order valence-corrected chi connectivity index (χ4v) is 2.75. The van der Waals surface area contributed by atoms with Crippen molar-refractivity contribution in [3.63, 3.8) is 0 Å². The Hall–Kier alpha value is -0.910. The fourth-order valence-electron chi connectivity index (χ4n) is 1.55. The van der Waals surface area contributed by atoms with Gasteiger partial charge < -0.3 is 5.73 Å². The van der Waals surface area contributed by atoms with E-state index in [9.17, 15) is 4.39 Å². The van der Waals surface area contributed by atoms with Crippen LogP contribution in [0.5, 0.6) is 0 Å². The highest BCUT2D eigenvalue weighted by Gasteiger charge is 2.15. The molecule has 0 aliphatic rings. The SMILES string of the molecule is NCC(Sc1ccc(Br)cn1)c1ccccc1F.